The lowest BCUT2D eigenvalue weighted by Gasteiger charge is -2.65. The van der Waals surface area contributed by atoms with E-state index in [2.05, 4.69) is 13.0 Å². The number of carboxylic acids is 1. The molecule has 0 radical (unpaired) electrons. The summed E-state index contributed by atoms with van der Waals surface area (Å²) >= 11 is 0. The summed E-state index contributed by atoms with van der Waals surface area (Å²) in [4.78, 5) is 12.1. The molecule has 140 valence electrons. The normalized spacial score (nSPS) is 54.4. The molecule has 4 rings (SSSR count). The second-order valence-corrected chi connectivity index (χ2v) is 9.50. The predicted molar refractivity (Wildman–Crippen MR) is 91.7 cm³/mol. The van der Waals surface area contributed by atoms with Gasteiger partial charge < -0.3 is 20.4 Å². The van der Waals surface area contributed by atoms with E-state index in [1.165, 1.54) is 5.57 Å². The first-order valence-electron chi connectivity index (χ1n) is 9.60. The monoisotopic (exact) mass is 350 g/mol. The van der Waals surface area contributed by atoms with Crippen molar-refractivity contribution in [1.82, 2.24) is 0 Å². The molecule has 0 heterocycles. The number of fused-ring (bicyclic) bond motifs is 2. The molecule has 4 aliphatic carbocycles. The Bertz CT molecular complexity index is 644. The molecule has 25 heavy (non-hydrogen) atoms. The zero-order chi connectivity index (χ0) is 18.3. The van der Waals surface area contributed by atoms with Crippen LogP contribution in [0.25, 0.3) is 0 Å². The number of aliphatic hydroxyl groups excluding tert-OH is 2. The Morgan fingerprint density at radius 1 is 1.24 bits per heavy atom. The zero-order valence-electron chi connectivity index (χ0n) is 15.2. The summed E-state index contributed by atoms with van der Waals surface area (Å²) < 4.78 is 0. The average Bonchev–Trinajstić information content (AvgIpc) is 2.92. The highest BCUT2D eigenvalue weighted by atomic mass is 16.4. The SMILES string of the molecule is C[C@@]1(C(=O)O)[C@H](O)CC[C@@]2(C)[C@H]1CCC1=C[C@@H]3C[C@@]12CC[C@]3(O)CO. The molecule has 1 spiro atoms. The van der Waals surface area contributed by atoms with Gasteiger partial charge in [0.05, 0.1) is 23.7 Å². The minimum absolute atomic E-state index is 0.0419. The molecule has 0 aromatic heterocycles. The number of aliphatic hydroxyl groups is 3. The average molecular weight is 350 g/mol. The van der Waals surface area contributed by atoms with Crippen LogP contribution in [0.4, 0.5) is 0 Å². The third-order valence-electron chi connectivity index (χ3n) is 8.91. The standard InChI is InChI=1S/C20H30O5/c1-17-6-5-15(22)18(2,16(23)24)14(17)4-3-12-9-13-10-19(12,17)7-8-20(13,25)11-21/h9,13-15,21-22,25H,3-8,10-11H2,1-2H3,(H,23,24)/t13-,14-,15-,17+,18+,19+,20+/m1/s1. The molecule has 2 bridgehead atoms. The Morgan fingerprint density at radius 2 is 1.96 bits per heavy atom. The van der Waals surface area contributed by atoms with Crippen LogP contribution in [0.1, 0.15) is 58.8 Å². The van der Waals surface area contributed by atoms with E-state index in [0.29, 0.717) is 12.8 Å². The lowest BCUT2D eigenvalue weighted by atomic mass is 9.39. The van der Waals surface area contributed by atoms with Gasteiger partial charge in [-0.05, 0) is 68.6 Å². The van der Waals surface area contributed by atoms with E-state index in [0.717, 1.165) is 32.1 Å². The third kappa shape index (κ3) is 1.87. The van der Waals surface area contributed by atoms with Crippen LogP contribution >= 0.6 is 0 Å². The van der Waals surface area contributed by atoms with Crippen molar-refractivity contribution in [2.45, 2.75) is 70.5 Å². The highest BCUT2D eigenvalue weighted by molar-refractivity contribution is 5.76. The van der Waals surface area contributed by atoms with Crippen molar-refractivity contribution in [3.05, 3.63) is 11.6 Å². The second kappa shape index (κ2) is 5.08. The number of carbonyl (C=O) groups is 1. The van der Waals surface area contributed by atoms with Gasteiger partial charge in [0.2, 0.25) is 0 Å². The van der Waals surface area contributed by atoms with Crippen molar-refractivity contribution >= 4 is 5.97 Å². The van der Waals surface area contributed by atoms with E-state index in [9.17, 15) is 25.2 Å². The molecule has 4 N–H and O–H groups in total. The lowest BCUT2D eigenvalue weighted by molar-refractivity contribution is -0.202. The van der Waals surface area contributed by atoms with Gasteiger partial charge in [-0.25, -0.2) is 0 Å². The number of carboxylic acid groups (broad SMARTS) is 1. The van der Waals surface area contributed by atoms with Gasteiger partial charge in [0, 0.05) is 5.92 Å². The summed E-state index contributed by atoms with van der Waals surface area (Å²) in [7, 11) is 0. The quantitative estimate of drug-likeness (QED) is 0.572. The Morgan fingerprint density at radius 3 is 2.60 bits per heavy atom. The van der Waals surface area contributed by atoms with Crippen LogP contribution in [0.15, 0.2) is 11.6 Å². The summed E-state index contributed by atoms with van der Waals surface area (Å²) in [5.41, 5.74) is -1.06. The van der Waals surface area contributed by atoms with E-state index in [-0.39, 0.29) is 29.3 Å². The lowest BCUT2D eigenvalue weighted by Crippen LogP contribution is -2.63. The molecule has 0 unspecified atom stereocenters. The Balaban J connectivity index is 1.79. The van der Waals surface area contributed by atoms with Crippen LogP contribution in [0, 0.1) is 28.1 Å². The van der Waals surface area contributed by atoms with Crippen LogP contribution in [-0.4, -0.2) is 44.7 Å². The van der Waals surface area contributed by atoms with Crippen molar-refractivity contribution in [1.29, 1.82) is 0 Å². The van der Waals surface area contributed by atoms with Gasteiger partial charge in [0.15, 0.2) is 0 Å². The highest BCUT2D eigenvalue weighted by Gasteiger charge is 2.69. The molecule has 0 aromatic rings. The molecule has 0 amide bonds. The van der Waals surface area contributed by atoms with Crippen LogP contribution in [-0.2, 0) is 4.79 Å². The first-order chi connectivity index (χ1) is 11.6. The smallest absolute Gasteiger partial charge is 0.312 e. The molecule has 0 aromatic carbocycles. The number of allylic oxidation sites excluding steroid dienone is 1. The molecule has 0 aliphatic heterocycles. The van der Waals surface area contributed by atoms with Gasteiger partial charge in [0.1, 0.15) is 0 Å². The molecular formula is C20H30O5. The zero-order valence-corrected chi connectivity index (χ0v) is 15.2. The molecule has 0 saturated heterocycles. The molecule has 5 nitrogen and oxygen atoms in total. The Kier molecular flexibility index (Phi) is 3.56. The van der Waals surface area contributed by atoms with Crippen LogP contribution in [0.5, 0.6) is 0 Å². The van der Waals surface area contributed by atoms with Crippen LogP contribution in [0.2, 0.25) is 0 Å². The Labute approximate surface area is 148 Å². The molecule has 3 saturated carbocycles. The van der Waals surface area contributed by atoms with E-state index in [4.69, 9.17) is 0 Å². The third-order valence-corrected chi connectivity index (χ3v) is 8.91. The minimum atomic E-state index is -1.11. The van der Waals surface area contributed by atoms with Crippen molar-refractivity contribution in [3.8, 4) is 0 Å². The summed E-state index contributed by atoms with van der Waals surface area (Å²) in [6.07, 6.45) is 6.49. The van der Waals surface area contributed by atoms with E-state index in [1.54, 1.807) is 6.92 Å². The van der Waals surface area contributed by atoms with Gasteiger partial charge in [-0.2, -0.15) is 0 Å². The van der Waals surface area contributed by atoms with Crippen LogP contribution < -0.4 is 0 Å². The number of aliphatic carboxylic acids is 1. The fraction of sp³-hybridized carbons (Fsp3) is 0.850. The fourth-order valence-corrected chi connectivity index (χ4v) is 7.18. The van der Waals surface area contributed by atoms with Crippen molar-refractivity contribution < 1.29 is 25.2 Å². The van der Waals surface area contributed by atoms with Gasteiger partial charge >= 0.3 is 5.97 Å². The van der Waals surface area contributed by atoms with Gasteiger partial charge in [-0.3, -0.25) is 4.79 Å². The molecule has 5 heteroatoms. The van der Waals surface area contributed by atoms with Crippen molar-refractivity contribution in [2.24, 2.45) is 28.1 Å². The predicted octanol–water partition coefficient (Wildman–Crippen LogP) is 2.10. The molecule has 3 fully saturated rings. The van der Waals surface area contributed by atoms with Crippen molar-refractivity contribution in [2.75, 3.05) is 6.61 Å². The largest absolute Gasteiger partial charge is 0.481 e. The summed E-state index contributed by atoms with van der Waals surface area (Å²) in [6, 6.07) is 0. The molecule has 4 aliphatic rings. The number of hydrogen-bond donors (Lipinski definition) is 4. The summed E-state index contributed by atoms with van der Waals surface area (Å²) in [6.45, 7) is 3.74. The minimum Gasteiger partial charge on any atom is -0.481 e. The number of hydrogen-bond acceptors (Lipinski definition) is 4. The van der Waals surface area contributed by atoms with Gasteiger partial charge in [0.25, 0.3) is 0 Å². The molecule has 7 atom stereocenters. The van der Waals surface area contributed by atoms with E-state index in [1.807, 2.05) is 0 Å². The maximum atomic E-state index is 12.1. The first-order valence-corrected chi connectivity index (χ1v) is 9.60. The van der Waals surface area contributed by atoms with E-state index >= 15 is 0 Å². The number of rotatable bonds is 2. The van der Waals surface area contributed by atoms with Crippen LogP contribution in [0.3, 0.4) is 0 Å². The maximum Gasteiger partial charge on any atom is 0.312 e. The first kappa shape index (κ1) is 17.5. The van der Waals surface area contributed by atoms with Gasteiger partial charge in [-0.15, -0.1) is 0 Å². The Hall–Kier alpha value is -0.910. The fourth-order valence-electron chi connectivity index (χ4n) is 7.18. The van der Waals surface area contributed by atoms with Crippen molar-refractivity contribution in [3.63, 3.8) is 0 Å². The topological polar surface area (TPSA) is 98.0 Å². The van der Waals surface area contributed by atoms with Gasteiger partial charge in [-0.1, -0.05) is 18.6 Å². The second-order valence-electron chi connectivity index (χ2n) is 9.50. The maximum absolute atomic E-state index is 12.1. The summed E-state index contributed by atoms with van der Waals surface area (Å²) in [5.74, 6) is -1.01. The summed E-state index contributed by atoms with van der Waals surface area (Å²) in [5, 5.41) is 41.0. The van der Waals surface area contributed by atoms with E-state index < -0.39 is 23.1 Å². The highest BCUT2D eigenvalue weighted by Crippen LogP contribution is 2.73. The molecular weight excluding hydrogens is 320 g/mol.